The van der Waals surface area contributed by atoms with E-state index in [0.717, 1.165) is 37.8 Å². The Balaban J connectivity index is 1.25. The standard InChI is InChI=1S/C28H21Cl2IN2O4S/c29-22-11-18(12-23(30)26(22)37-16-17-5-7-21(31)8-6-17)13-24-27(35)33(28(36)38-24)15-25(34)32-10-9-19-3-1-2-4-20(19)14-32/h1-8,11-13H,9-10,14-16H2/b24-13-. The van der Waals surface area contributed by atoms with E-state index in [9.17, 15) is 14.4 Å². The van der Waals surface area contributed by atoms with Gasteiger partial charge in [-0.05, 0) is 93.4 Å². The van der Waals surface area contributed by atoms with Gasteiger partial charge in [0, 0.05) is 16.7 Å². The second-order valence-corrected chi connectivity index (χ2v) is 11.9. The average molecular weight is 679 g/mol. The largest absolute Gasteiger partial charge is 0.486 e. The van der Waals surface area contributed by atoms with Crippen LogP contribution in [0.3, 0.4) is 0 Å². The van der Waals surface area contributed by atoms with E-state index in [2.05, 4.69) is 28.7 Å². The first-order valence-electron chi connectivity index (χ1n) is 11.7. The van der Waals surface area contributed by atoms with Crippen LogP contribution in [0.5, 0.6) is 5.75 Å². The number of hydrogen-bond donors (Lipinski definition) is 0. The van der Waals surface area contributed by atoms with Gasteiger partial charge in [-0.3, -0.25) is 19.3 Å². The van der Waals surface area contributed by atoms with Crippen LogP contribution in [0.2, 0.25) is 10.0 Å². The van der Waals surface area contributed by atoms with Crippen molar-refractivity contribution in [2.45, 2.75) is 19.6 Å². The predicted molar refractivity (Wildman–Crippen MR) is 158 cm³/mol. The van der Waals surface area contributed by atoms with Crippen molar-refractivity contribution in [2.75, 3.05) is 13.1 Å². The fraction of sp³-hybridized carbons (Fsp3) is 0.179. The van der Waals surface area contributed by atoms with Crippen LogP contribution in [0.15, 0.2) is 65.6 Å². The molecule has 1 fully saturated rings. The first-order valence-corrected chi connectivity index (χ1v) is 14.4. The molecule has 0 unspecified atom stereocenters. The molecular formula is C28H21Cl2IN2O4S. The van der Waals surface area contributed by atoms with Gasteiger partial charge in [0.15, 0.2) is 5.75 Å². The fourth-order valence-corrected chi connectivity index (χ4v) is 6.08. The van der Waals surface area contributed by atoms with E-state index in [-0.39, 0.29) is 27.4 Å². The molecule has 0 aliphatic carbocycles. The summed E-state index contributed by atoms with van der Waals surface area (Å²) >= 11 is 15.9. The van der Waals surface area contributed by atoms with Gasteiger partial charge in [-0.1, -0.05) is 59.6 Å². The average Bonchev–Trinajstić information content (AvgIpc) is 3.16. The number of hydrogen-bond acceptors (Lipinski definition) is 5. The molecule has 194 valence electrons. The highest BCUT2D eigenvalue weighted by Gasteiger charge is 2.37. The second-order valence-electron chi connectivity index (χ2n) is 8.83. The number of rotatable bonds is 6. The lowest BCUT2D eigenvalue weighted by Gasteiger charge is -2.29. The molecule has 0 spiro atoms. The molecule has 5 rings (SSSR count). The number of halogens is 3. The summed E-state index contributed by atoms with van der Waals surface area (Å²) < 4.78 is 6.96. The molecule has 0 aromatic heterocycles. The highest BCUT2D eigenvalue weighted by atomic mass is 127. The summed E-state index contributed by atoms with van der Waals surface area (Å²) in [4.78, 5) is 41.4. The van der Waals surface area contributed by atoms with Crippen LogP contribution in [0.4, 0.5) is 4.79 Å². The van der Waals surface area contributed by atoms with Crippen LogP contribution in [-0.4, -0.2) is 39.9 Å². The minimum absolute atomic E-state index is 0.200. The van der Waals surface area contributed by atoms with Gasteiger partial charge in [-0.2, -0.15) is 0 Å². The molecule has 3 aromatic rings. The maximum atomic E-state index is 13.0. The van der Waals surface area contributed by atoms with Crippen LogP contribution in [-0.2, 0) is 29.2 Å². The molecule has 10 heteroatoms. The van der Waals surface area contributed by atoms with E-state index in [4.69, 9.17) is 27.9 Å². The van der Waals surface area contributed by atoms with Gasteiger partial charge in [-0.15, -0.1) is 0 Å². The quantitative estimate of drug-likeness (QED) is 0.212. The monoisotopic (exact) mass is 678 g/mol. The van der Waals surface area contributed by atoms with Crippen LogP contribution in [0.25, 0.3) is 6.08 Å². The Hall–Kier alpha value is -2.53. The number of nitrogens with zero attached hydrogens (tertiary/aromatic N) is 2. The summed E-state index contributed by atoms with van der Waals surface area (Å²) in [6.07, 6.45) is 2.29. The van der Waals surface area contributed by atoms with Crippen LogP contribution in [0.1, 0.15) is 22.3 Å². The Kier molecular flexibility index (Phi) is 8.32. The first kappa shape index (κ1) is 27.1. The Bertz CT molecular complexity index is 1440. The molecule has 2 heterocycles. The molecule has 3 amide bonds. The SMILES string of the molecule is O=C(CN1C(=O)S/C(=C\c2cc(Cl)c(OCc3ccc(I)cc3)c(Cl)c2)C1=O)N1CCc2ccccc2C1. The van der Waals surface area contributed by atoms with Crippen molar-refractivity contribution in [3.63, 3.8) is 0 Å². The van der Waals surface area contributed by atoms with E-state index in [1.165, 1.54) is 5.56 Å². The van der Waals surface area contributed by atoms with Crippen molar-refractivity contribution >= 4 is 80.7 Å². The van der Waals surface area contributed by atoms with Crippen molar-refractivity contribution in [1.29, 1.82) is 0 Å². The topological polar surface area (TPSA) is 66.9 Å². The van der Waals surface area contributed by atoms with E-state index >= 15 is 0 Å². The molecule has 0 atom stereocenters. The molecule has 6 nitrogen and oxygen atoms in total. The third-order valence-corrected chi connectivity index (χ3v) is 8.45. The van der Waals surface area contributed by atoms with E-state index in [1.807, 2.05) is 42.5 Å². The summed E-state index contributed by atoms with van der Waals surface area (Å²) in [5.41, 5.74) is 3.82. The highest BCUT2D eigenvalue weighted by Crippen LogP contribution is 2.38. The van der Waals surface area contributed by atoms with Crippen molar-refractivity contribution in [3.8, 4) is 5.75 Å². The molecular weight excluding hydrogens is 658 g/mol. The minimum Gasteiger partial charge on any atom is -0.486 e. The van der Waals surface area contributed by atoms with Gasteiger partial charge in [0.1, 0.15) is 13.2 Å². The number of amides is 3. The van der Waals surface area contributed by atoms with Gasteiger partial charge in [0.2, 0.25) is 5.91 Å². The number of carbonyl (C=O) groups excluding carboxylic acids is 3. The van der Waals surface area contributed by atoms with Crippen molar-refractivity contribution in [1.82, 2.24) is 9.80 Å². The Morgan fingerprint density at radius 3 is 2.42 bits per heavy atom. The maximum Gasteiger partial charge on any atom is 0.294 e. The highest BCUT2D eigenvalue weighted by molar-refractivity contribution is 14.1. The van der Waals surface area contributed by atoms with Crippen molar-refractivity contribution in [3.05, 3.63) is 101 Å². The van der Waals surface area contributed by atoms with Crippen LogP contribution in [0, 0.1) is 3.57 Å². The second kappa shape index (κ2) is 11.7. The number of ether oxygens (including phenoxy) is 1. The lowest BCUT2D eigenvalue weighted by atomic mass is 10.00. The zero-order valence-electron chi connectivity index (χ0n) is 20.0. The summed E-state index contributed by atoms with van der Waals surface area (Å²) in [5, 5.41) is 0.0878. The Morgan fingerprint density at radius 2 is 1.71 bits per heavy atom. The number of thioether (sulfide) groups is 1. The Morgan fingerprint density at radius 1 is 1.03 bits per heavy atom. The molecule has 0 N–H and O–H groups in total. The third-order valence-electron chi connectivity index (χ3n) is 6.27. The molecule has 3 aromatic carbocycles. The zero-order chi connectivity index (χ0) is 26.8. The minimum atomic E-state index is -0.517. The molecule has 0 saturated carbocycles. The van der Waals surface area contributed by atoms with Gasteiger partial charge in [0.05, 0.1) is 15.0 Å². The smallest absolute Gasteiger partial charge is 0.294 e. The van der Waals surface area contributed by atoms with E-state index in [0.29, 0.717) is 31.0 Å². The molecule has 1 saturated heterocycles. The fourth-order valence-electron chi connectivity index (χ4n) is 4.27. The normalized spacial score (nSPS) is 16.2. The molecule has 0 bridgehead atoms. The van der Waals surface area contributed by atoms with Crippen molar-refractivity contribution in [2.24, 2.45) is 0 Å². The molecule has 38 heavy (non-hydrogen) atoms. The third kappa shape index (κ3) is 6.03. The lowest BCUT2D eigenvalue weighted by Crippen LogP contribution is -2.44. The number of benzene rings is 3. The van der Waals surface area contributed by atoms with E-state index in [1.54, 1.807) is 23.1 Å². The van der Waals surface area contributed by atoms with Crippen LogP contribution >= 0.6 is 57.6 Å². The summed E-state index contributed by atoms with van der Waals surface area (Å²) in [7, 11) is 0. The van der Waals surface area contributed by atoms with E-state index < -0.39 is 11.1 Å². The van der Waals surface area contributed by atoms with Gasteiger partial charge in [0.25, 0.3) is 11.1 Å². The van der Waals surface area contributed by atoms with Gasteiger partial charge < -0.3 is 9.64 Å². The lowest BCUT2D eigenvalue weighted by molar-refractivity contribution is -0.136. The number of fused-ring (bicyclic) bond motifs is 1. The summed E-state index contributed by atoms with van der Waals surface area (Å²) in [6, 6.07) is 19.1. The van der Waals surface area contributed by atoms with Gasteiger partial charge in [-0.25, -0.2) is 0 Å². The summed E-state index contributed by atoms with van der Waals surface area (Å²) in [5.74, 6) is -0.438. The van der Waals surface area contributed by atoms with Gasteiger partial charge >= 0.3 is 0 Å². The molecule has 0 radical (unpaired) electrons. The number of carbonyl (C=O) groups is 3. The maximum absolute atomic E-state index is 13.0. The number of imide groups is 1. The molecule has 2 aliphatic rings. The zero-order valence-corrected chi connectivity index (χ0v) is 24.4. The summed E-state index contributed by atoms with van der Waals surface area (Å²) in [6.45, 7) is 1.02. The first-order chi connectivity index (χ1) is 18.3. The molecule has 2 aliphatic heterocycles. The van der Waals surface area contributed by atoms with Crippen molar-refractivity contribution < 1.29 is 19.1 Å². The van der Waals surface area contributed by atoms with Crippen LogP contribution < -0.4 is 4.74 Å². The predicted octanol–water partition coefficient (Wildman–Crippen LogP) is 6.80. The Labute approximate surface area is 248 Å².